The molecule has 37 heavy (non-hydrogen) atoms. The Hall–Kier alpha value is -4.39. The Morgan fingerprint density at radius 2 is 1.54 bits per heavy atom. The number of para-hydroxylation sites is 1. The maximum absolute atomic E-state index is 13.2. The molecule has 0 fully saturated rings. The van der Waals surface area contributed by atoms with Gasteiger partial charge in [-0.05, 0) is 42.2 Å². The smallest absolute Gasteiger partial charge is 0.315 e. The highest BCUT2D eigenvalue weighted by Crippen LogP contribution is 2.25. The number of hydrogen-bond donors (Lipinski definition) is 2. The molecule has 0 aliphatic carbocycles. The van der Waals surface area contributed by atoms with Crippen LogP contribution in [0, 0.1) is 5.92 Å². The minimum absolute atomic E-state index is 0.0856. The molecule has 0 aliphatic heterocycles. The lowest BCUT2D eigenvalue weighted by atomic mass is 10.1. The van der Waals surface area contributed by atoms with Crippen molar-refractivity contribution in [3.8, 4) is 16.9 Å². The molecule has 1 aromatic heterocycles. The summed E-state index contributed by atoms with van der Waals surface area (Å²) in [5.41, 5.74) is 4.41. The van der Waals surface area contributed by atoms with Crippen LogP contribution in [0.1, 0.15) is 26.3 Å². The molecule has 4 rings (SSSR count). The third-order valence-corrected chi connectivity index (χ3v) is 5.87. The Bertz CT molecular complexity index is 1320. The first-order chi connectivity index (χ1) is 17.9. The highest BCUT2D eigenvalue weighted by molar-refractivity contribution is 5.97. The van der Waals surface area contributed by atoms with Gasteiger partial charge in [0.25, 0.3) is 0 Å². The summed E-state index contributed by atoms with van der Waals surface area (Å²) >= 11 is 0. The minimum atomic E-state index is -0.311. The molecule has 0 bridgehead atoms. The number of nitrogens with one attached hydrogen (secondary N) is 2. The van der Waals surface area contributed by atoms with Crippen LogP contribution in [0.3, 0.4) is 0 Å². The molecule has 190 valence electrons. The van der Waals surface area contributed by atoms with E-state index in [1.54, 1.807) is 4.68 Å². The molecule has 0 saturated heterocycles. The third-order valence-electron chi connectivity index (χ3n) is 5.87. The first kappa shape index (κ1) is 25.7. The summed E-state index contributed by atoms with van der Waals surface area (Å²) in [4.78, 5) is 27.8. The molecule has 0 spiro atoms. The molecule has 3 amide bonds. The summed E-state index contributed by atoms with van der Waals surface area (Å²) in [6.45, 7) is 6.48. The fourth-order valence-electron chi connectivity index (χ4n) is 4.03. The van der Waals surface area contributed by atoms with Gasteiger partial charge < -0.3 is 15.5 Å². The van der Waals surface area contributed by atoms with E-state index in [1.807, 2.05) is 105 Å². The fraction of sp³-hybridized carbons (Fsp3) is 0.233. The average molecular weight is 496 g/mol. The zero-order valence-electron chi connectivity index (χ0n) is 21.5. The molecule has 4 aromatic rings. The quantitative estimate of drug-likeness (QED) is 0.289. The Kier molecular flexibility index (Phi) is 8.36. The topological polar surface area (TPSA) is 79.3 Å². The predicted octanol–water partition coefficient (Wildman–Crippen LogP) is 6.23. The number of carbonyl (C=O) groups is 2. The molecule has 7 heteroatoms. The van der Waals surface area contributed by atoms with Gasteiger partial charge in [0, 0.05) is 23.9 Å². The van der Waals surface area contributed by atoms with E-state index in [0.717, 1.165) is 23.4 Å². The number of anilines is 2. The zero-order chi connectivity index (χ0) is 26.2. The van der Waals surface area contributed by atoms with E-state index in [9.17, 15) is 9.59 Å². The van der Waals surface area contributed by atoms with Crippen LogP contribution >= 0.6 is 0 Å². The maximum Gasteiger partial charge on any atom is 0.322 e. The van der Waals surface area contributed by atoms with Crippen LogP contribution in [0.5, 0.6) is 0 Å². The van der Waals surface area contributed by atoms with Gasteiger partial charge in [-0.25, -0.2) is 9.48 Å². The molecule has 0 saturated carbocycles. The molecular formula is C30H33N5O2. The van der Waals surface area contributed by atoms with E-state index in [-0.39, 0.29) is 24.4 Å². The normalized spacial score (nSPS) is 10.8. The van der Waals surface area contributed by atoms with Gasteiger partial charge in [-0.3, -0.25) is 4.79 Å². The van der Waals surface area contributed by atoms with Gasteiger partial charge >= 0.3 is 6.03 Å². The lowest BCUT2D eigenvalue weighted by Crippen LogP contribution is -2.42. The van der Waals surface area contributed by atoms with Crippen molar-refractivity contribution in [1.82, 2.24) is 14.7 Å². The number of rotatable bonds is 9. The summed E-state index contributed by atoms with van der Waals surface area (Å²) in [7, 11) is 0. The van der Waals surface area contributed by atoms with E-state index < -0.39 is 0 Å². The molecule has 0 radical (unpaired) electrons. The van der Waals surface area contributed by atoms with E-state index in [1.165, 1.54) is 10.5 Å². The van der Waals surface area contributed by atoms with Gasteiger partial charge in [0.05, 0.1) is 11.4 Å². The van der Waals surface area contributed by atoms with Crippen LogP contribution in [0.2, 0.25) is 0 Å². The van der Waals surface area contributed by atoms with E-state index in [2.05, 4.69) is 17.6 Å². The number of urea groups is 1. The summed E-state index contributed by atoms with van der Waals surface area (Å²) in [5.74, 6) is 0.435. The fourth-order valence-corrected chi connectivity index (χ4v) is 4.03. The highest BCUT2D eigenvalue weighted by atomic mass is 16.2. The van der Waals surface area contributed by atoms with E-state index >= 15 is 0 Å². The number of aryl methyl sites for hydroxylation is 1. The minimum Gasteiger partial charge on any atom is -0.315 e. The molecule has 0 atom stereocenters. The third kappa shape index (κ3) is 6.85. The molecule has 0 aliphatic rings. The summed E-state index contributed by atoms with van der Waals surface area (Å²) in [5, 5.41) is 10.6. The SMILES string of the molecule is CCc1ccc(NC(=O)N(CC(=O)Nc2cc(-c3ccccc3)nn2-c2ccccc2)CC(C)C)cc1. The second-order valence-electron chi connectivity index (χ2n) is 9.33. The van der Waals surface area contributed by atoms with Gasteiger partial charge in [0.2, 0.25) is 5.91 Å². The van der Waals surface area contributed by atoms with Gasteiger partial charge in [0.15, 0.2) is 0 Å². The molecular weight excluding hydrogens is 462 g/mol. The lowest BCUT2D eigenvalue weighted by molar-refractivity contribution is -0.116. The number of aromatic nitrogens is 2. The van der Waals surface area contributed by atoms with Crippen molar-refractivity contribution >= 4 is 23.4 Å². The second-order valence-corrected chi connectivity index (χ2v) is 9.33. The first-order valence-corrected chi connectivity index (χ1v) is 12.6. The summed E-state index contributed by atoms with van der Waals surface area (Å²) < 4.78 is 1.71. The van der Waals surface area contributed by atoms with Gasteiger partial charge in [0.1, 0.15) is 12.4 Å². The lowest BCUT2D eigenvalue weighted by Gasteiger charge is -2.24. The maximum atomic E-state index is 13.2. The Morgan fingerprint density at radius 3 is 2.16 bits per heavy atom. The van der Waals surface area contributed by atoms with Crippen LogP contribution < -0.4 is 10.6 Å². The Labute approximate surface area is 218 Å². The molecule has 2 N–H and O–H groups in total. The van der Waals surface area contributed by atoms with Crippen LogP contribution in [-0.4, -0.2) is 39.7 Å². The number of carbonyl (C=O) groups excluding carboxylic acids is 2. The molecule has 1 heterocycles. The Balaban J connectivity index is 1.53. The number of hydrogen-bond acceptors (Lipinski definition) is 3. The van der Waals surface area contributed by atoms with Crippen molar-refractivity contribution in [2.45, 2.75) is 27.2 Å². The number of amides is 3. The van der Waals surface area contributed by atoms with Gasteiger partial charge in [-0.15, -0.1) is 0 Å². The van der Waals surface area contributed by atoms with E-state index in [4.69, 9.17) is 5.10 Å². The van der Waals surface area contributed by atoms with Crippen molar-refractivity contribution in [1.29, 1.82) is 0 Å². The van der Waals surface area contributed by atoms with Gasteiger partial charge in [-0.1, -0.05) is 81.4 Å². The molecule has 0 unspecified atom stereocenters. The predicted molar refractivity (Wildman–Crippen MR) is 149 cm³/mol. The Morgan fingerprint density at radius 1 is 0.892 bits per heavy atom. The van der Waals surface area contributed by atoms with Crippen molar-refractivity contribution < 1.29 is 9.59 Å². The summed E-state index contributed by atoms with van der Waals surface area (Å²) in [6, 6.07) is 28.7. The first-order valence-electron chi connectivity index (χ1n) is 12.6. The number of nitrogens with zero attached hydrogens (tertiary/aromatic N) is 3. The van der Waals surface area contributed by atoms with Crippen molar-refractivity contribution in [3.63, 3.8) is 0 Å². The number of benzene rings is 3. The van der Waals surface area contributed by atoms with Crippen molar-refractivity contribution in [3.05, 3.63) is 96.6 Å². The standard InChI is InChI=1S/C30H33N5O2/c1-4-23-15-17-25(18-16-23)31-30(37)34(20-22(2)3)21-29(36)32-28-19-27(24-11-7-5-8-12-24)33-35(28)26-13-9-6-10-14-26/h5-19,22H,4,20-21H2,1-3H3,(H,31,37)(H,32,36). The van der Waals surface area contributed by atoms with Crippen LogP contribution in [0.25, 0.3) is 16.9 Å². The van der Waals surface area contributed by atoms with Crippen molar-refractivity contribution in [2.24, 2.45) is 5.92 Å². The largest absolute Gasteiger partial charge is 0.322 e. The molecule has 3 aromatic carbocycles. The van der Waals surface area contributed by atoms with Crippen LogP contribution in [-0.2, 0) is 11.2 Å². The summed E-state index contributed by atoms with van der Waals surface area (Å²) in [6.07, 6.45) is 0.930. The zero-order valence-corrected chi connectivity index (χ0v) is 21.5. The monoisotopic (exact) mass is 495 g/mol. The van der Waals surface area contributed by atoms with Crippen LogP contribution in [0.15, 0.2) is 91.0 Å². The van der Waals surface area contributed by atoms with Gasteiger partial charge in [-0.2, -0.15) is 5.10 Å². The van der Waals surface area contributed by atoms with Crippen molar-refractivity contribution in [2.75, 3.05) is 23.7 Å². The van der Waals surface area contributed by atoms with E-state index in [0.29, 0.717) is 18.1 Å². The second kappa shape index (κ2) is 12.0. The average Bonchev–Trinajstić information content (AvgIpc) is 3.33. The molecule has 7 nitrogen and oxygen atoms in total. The highest BCUT2D eigenvalue weighted by Gasteiger charge is 2.20. The van der Waals surface area contributed by atoms with Crippen LogP contribution in [0.4, 0.5) is 16.3 Å².